The fourth-order valence-electron chi connectivity index (χ4n) is 2.72. The summed E-state index contributed by atoms with van der Waals surface area (Å²) in [5, 5.41) is 10.0. The Bertz CT molecular complexity index is 1110. The van der Waals surface area contributed by atoms with Gasteiger partial charge in [0.15, 0.2) is 5.76 Å². The highest BCUT2D eigenvalue weighted by molar-refractivity contribution is 6.00. The Balaban J connectivity index is 1.45. The van der Waals surface area contributed by atoms with Crippen LogP contribution in [-0.4, -0.2) is 30.9 Å². The quantitative estimate of drug-likeness (QED) is 0.398. The molecule has 8 nitrogen and oxygen atoms in total. The Morgan fingerprint density at radius 3 is 2.09 bits per heavy atom. The number of amides is 4. The Labute approximate surface area is 186 Å². The molecule has 1 heterocycles. The van der Waals surface area contributed by atoms with Crippen LogP contribution in [0.3, 0.4) is 0 Å². The zero-order valence-corrected chi connectivity index (χ0v) is 17.0. The molecule has 0 aliphatic heterocycles. The normalized spacial score (nSPS) is 10.9. The summed E-state index contributed by atoms with van der Waals surface area (Å²) in [4.78, 5) is 35.9. The minimum Gasteiger partial charge on any atom is -0.459 e. The van der Waals surface area contributed by atoms with Crippen molar-refractivity contribution in [1.82, 2.24) is 10.6 Å². The molecule has 3 rings (SSSR count). The van der Waals surface area contributed by atoms with Gasteiger partial charge >= 0.3 is 12.2 Å². The number of furan rings is 1. The lowest BCUT2D eigenvalue weighted by atomic mass is 10.2. The van der Waals surface area contributed by atoms with Gasteiger partial charge in [-0.15, -0.1) is 0 Å². The van der Waals surface area contributed by atoms with Gasteiger partial charge < -0.3 is 25.7 Å². The van der Waals surface area contributed by atoms with Crippen molar-refractivity contribution in [2.45, 2.75) is 6.18 Å². The second-order valence-corrected chi connectivity index (χ2v) is 6.72. The Kier molecular flexibility index (Phi) is 7.34. The molecule has 2 aromatic carbocycles. The molecule has 172 valence electrons. The highest BCUT2D eigenvalue weighted by Gasteiger charge is 2.30. The number of urea groups is 1. The summed E-state index contributed by atoms with van der Waals surface area (Å²) >= 11 is 0. The summed E-state index contributed by atoms with van der Waals surface area (Å²) in [5.41, 5.74) is -0.244. The van der Waals surface area contributed by atoms with Crippen molar-refractivity contribution in [3.63, 3.8) is 0 Å². The molecule has 0 spiro atoms. The van der Waals surface area contributed by atoms with Crippen LogP contribution in [0, 0.1) is 0 Å². The zero-order chi connectivity index (χ0) is 23.8. The number of nitrogens with one attached hydrogen (secondary N) is 4. The number of rotatable bonds is 7. The smallest absolute Gasteiger partial charge is 0.416 e. The van der Waals surface area contributed by atoms with Crippen molar-refractivity contribution >= 4 is 29.2 Å². The van der Waals surface area contributed by atoms with Crippen LogP contribution >= 0.6 is 0 Å². The first-order valence-corrected chi connectivity index (χ1v) is 9.67. The standard InChI is InChI=1S/C22H19F3N4O4/c23-22(24,25)15-3-1-4-17(13-15)29-21(32)28-16-8-6-14(7-9-16)19(30)26-10-11-27-20(31)18-5-2-12-33-18/h1-9,12-13H,10-11H2,(H,26,30)(H,27,31)(H2,28,29,32). The summed E-state index contributed by atoms with van der Waals surface area (Å²) in [5.74, 6) is -0.614. The molecule has 0 radical (unpaired) electrons. The van der Waals surface area contributed by atoms with Crippen molar-refractivity contribution in [1.29, 1.82) is 0 Å². The first kappa shape index (κ1) is 23.4. The molecular formula is C22H19F3N4O4. The number of anilines is 2. The highest BCUT2D eigenvalue weighted by atomic mass is 19.4. The molecule has 0 aliphatic carbocycles. The molecule has 0 atom stereocenters. The number of halogens is 3. The summed E-state index contributed by atoms with van der Waals surface area (Å²) in [6.45, 7) is 0.380. The van der Waals surface area contributed by atoms with Crippen LogP contribution in [0.25, 0.3) is 0 Å². The van der Waals surface area contributed by atoms with E-state index in [1.165, 1.54) is 48.7 Å². The maximum atomic E-state index is 12.8. The van der Waals surface area contributed by atoms with Gasteiger partial charge in [-0.25, -0.2) is 4.79 Å². The molecule has 0 saturated heterocycles. The lowest BCUT2D eigenvalue weighted by Crippen LogP contribution is -2.34. The van der Waals surface area contributed by atoms with Crippen LogP contribution in [0.5, 0.6) is 0 Å². The SMILES string of the molecule is O=C(Nc1ccc(C(=O)NCCNC(=O)c2ccco2)cc1)Nc1cccc(C(F)(F)F)c1. The number of carbonyl (C=O) groups is 3. The molecule has 0 bridgehead atoms. The van der Waals surface area contributed by atoms with Gasteiger partial charge in [-0.3, -0.25) is 9.59 Å². The minimum absolute atomic E-state index is 0.0162. The lowest BCUT2D eigenvalue weighted by Gasteiger charge is -2.11. The van der Waals surface area contributed by atoms with Gasteiger partial charge in [-0.1, -0.05) is 6.07 Å². The number of alkyl halides is 3. The van der Waals surface area contributed by atoms with Gasteiger partial charge in [-0.2, -0.15) is 13.2 Å². The van der Waals surface area contributed by atoms with Crippen LogP contribution in [0.4, 0.5) is 29.3 Å². The van der Waals surface area contributed by atoms with Crippen LogP contribution in [-0.2, 0) is 6.18 Å². The van der Waals surface area contributed by atoms with Gasteiger partial charge in [0, 0.05) is 30.0 Å². The Morgan fingerprint density at radius 2 is 1.45 bits per heavy atom. The van der Waals surface area contributed by atoms with Crippen molar-refractivity contribution in [2.24, 2.45) is 0 Å². The van der Waals surface area contributed by atoms with Crippen LogP contribution in [0.2, 0.25) is 0 Å². The van der Waals surface area contributed by atoms with Gasteiger partial charge in [0.2, 0.25) is 0 Å². The van der Waals surface area contributed by atoms with E-state index in [2.05, 4.69) is 21.3 Å². The molecule has 0 unspecified atom stereocenters. The molecular weight excluding hydrogens is 441 g/mol. The molecule has 0 saturated carbocycles. The fourth-order valence-corrected chi connectivity index (χ4v) is 2.72. The number of carbonyl (C=O) groups excluding carboxylic acids is 3. The van der Waals surface area contributed by atoms with Crippen molar-refractivity contribution in [3.05, 3.63) is 83.8 Å². The molecule has 33 heavy (non-hydrogen) atoms. The third-order valence-electron chi connectivity index (χ3n) is 4.29. The minimum atomic E-state index is -4.52. The van der Waals surface area contributed by atoms with E-state index < -0.39 is 23.7 Å². The Hall–Kier alpha value is -4.28. The Morgan fingerprint density at radius 1 is 0.788 bits per heavy atom. The van der Waals surface area contributed by atoms with E-state index in [9.17, 15) is 27.6 Å². The predicted molar refractivity (Wildman–Crippen MR) is 114 cm³/mol. The average Bonchev–Trinajstić information content (AvgIpc) is 3.31. The number of hydrogen-bond donors (Lipinski definition) is 4. The van der Waals surface area contributed by atoms with Gasteiger partial charge in [0.1, 0.15) is 0 Å². The third kappa shape index (κ3) is 6.86. The first-order chi connectivity index (χ1) is 15.7. The molecule has 4 N–H and O–H groups in total. The van der Waals surface area contributed by atoms with E-state index >= 15 is 0 Å². The molecule has 11 heteroatoms. The fraction of sp³-hybridized carbons (Fsp3) is 0.136. The molecule has 1 aromatic heterocycles. The van der Waals surface area contributed by atoms with E-state index in [-0.39, 0.29) is 30.4 Å². The highest BCUT2D eigenvalue weighted by Crippen LogP contribution is 2.30. The topological polar surface area (TPSA) is 112 Å². The van der Waals surface area contributed by atoms with E-state index in [1.54, 1.807) is 6.07 Å². The first-order valence-electron chi connectivity index (χ1n) is 9.67. The monoisotopic (exact) mass is 460 g/mol. The van der Waals surface area contributed by atoms with Crippen LogP contribution < -0.4 is 21.3 Å². The summed E-state index contributed by atoms with van der Waals surface area (Å²) in [6, 6.07) is 12.5. The average molecular weight is 460 g/mol. The second kappa shape index (κ2) is 10.4. The van der Waals surface area contributed by atoms with E-state index in [1.807, 2.05) is 0 Å². The van der Waals surface area contributed by atoms with Crippen molar-refractivity contribution < 1.29 is 32.0 Å². The van der Waals surface area contributed by atoms with E-state index in [0.29, 0.717) is 11.3 Å². The zero-order valence-electron chi connectivity index (χ0n) is 17.0. The molecule has 0 fully saturated rings. The van der Waals surface area contributed by atoms with Gasteiger partial charge in [0.05, 0.1) is 11.8 Å². The number of hydrogen-bond acceptors (Lipinski definition) is 4. The maximum Gasteiger partial charge on any atom is 0.416 e. The number of benzene rings is 2. The van der Waals surface area contributed by atoms with Gasteiger partial charge in [0.25, 0.3) is 11.8 Å². The third-order valence-corrected chi connectivity index (χ3v) is 4.29. The summed E-state index contributed by atoms with van der Waals surface area (Å²) < 4.78 is 43.2. The second-order valence-electron chi connectivity index (χ2n) is 6.72. The van der Waals surface area contributed by atoms with Crippen molar-refractivity contribution in [3.8, 4) is 0 Å². The predicted octanol–water partition coefficient (Wildman–Crippen LogP) is 4.10. The summed E-state index contributed by atoms with van der Waals surface area (Å²) in [7, 11) is 0. The lowest BCUT2D eigenvalue weighted by molar-refractivity contribution is -0.137. The molecule has 4 amide bonds. The largest absolute Gasteiger partial charge is 0.459 e. The van der Waals surface area contributed by atoms with Gasteiger partial charge in [-0.05, 0) is 54.6 Å². The van der Waals surface area contributed by atoms with E-state index in [4.69, 9.17) is 4.42 Å². The van der Waals surface area contributed by atoms with Crippen LogP contribution in [0.1, 0.15) is 26.5 Å². The van der Waals surface area contributed by atoms with E-state index in [0.717, 1.165) is 12.1 Å². The van der Waals surface area contributed by atoms with Crippen LogP contribution in [0.15, 0.2) is 71.3 Å². The summed E-state index contributed by atoms with van der Waals surface area (Å²) in [6.07, 6.45) is -3.14. The molecule has 0 aliphatic rings. The molecule has 3 aromatic rings. The maximum absolute atomic E-state index is 12.8. The van der Waals surface area contributed by atoms with Crippen molar-refractivity contribution in [2.75, 3.05) is 23.7 Å².